The third-order valence-electron chi connectivity index (χ3n) is 5.64. The van der Waals surface area contributed by atoms with Crippen LogP contribution in [0.5, 0.6) is 0 Å². The smallest absolute Gasteiger partial charge is 0.331 e. The Bertz CT molecular complexity index is 662. The lowest BCUT2D eigenvalue weighted by atomic mass is 9.96. The molecule has 2 atom stereocenters. The Balaban J connectivity index is 1.63. The molecule has 0 spiro atoms. The molecule has 1 aromatic carbocycles. The van der Waals surface area contributed by atoms with Crippen molar-refractivity contribution in [2.75, 3.05) is 32.7 Å². The third kappa shape index (κ3) is 5.36. The Morgan fingerprint density at radius 1 is 1.21 bits per heavy atom. The number of alkyl halides is 3. The molecule has 28 heavy (non-hydrogen) atoms. The normalized spacial score (nSPS) is 23.6. The summed E-state index contributed by atoms with van der Waals surface area (Å²) < 4.78 is 52.6. The first kappa shape index (κ1) is 21.3. The minimum absolute atomic E-state index is 0.0426. The van der Waals surface area contributed by atoms with E-state index in [9.17, 15) is 22.4 Å². The van der Waals surface area contributed by atoms with Crippen LogP contribution in [-0.4, -0.2) is 60.6 Å². The number of hydrogen-bond acceptors (Lipinski definition) is 3. The second-order valence-corrected chi connectivity index (χ2v) is 7.85. The molecule has 156 valence electrons. The summed E-state index contributed by atoms with van der Waals surface area (Å²) >= 11 is 5.46. The number of carbonyl (C=O) groups is 1. The van der Waals surface area contributed by atoms with Gasteiger partial charge in [0.15, 0.2) is 0 Å². The average Bonchev–Trinajstić information content (AvgIpc) is 3.45. The van der Waals surface area contributed by atoms with Crippen LogP contribution in [0.25, 0.3) is 0 Å². The van der Waals surface area contributed by atoms with Crippen LogP contribution in [-0.2, 0) is 4.79 Å². The van der Waals surface area contributed by atoms with E-state index in [0.717, 1.165) is 42.9 Å². The fraction of sp³-hybridized carbons (Fsp3) is 0.632. The molecule has 0 radical (unpaired) electrons. The van der Waals surface area contributed by atoms with Crippen molar-refractivity contribution in [2.24, 2.45) is 5.92 Å². The van der Waals surface area contributed by atoms with Gasteiger partial charge in [0.25, 0.3) is 0 Å². The van der Waals surface area contributed by atoms with Gasteiger partial charge in [0.1, 0.15) is 5.82 Å². The van der Waals surface area contributed by atoms with Crippen molar-refractivity contribution in [3.8, 4) is 0 Å². The third-order valence-corrected chi connectivity index (χ3v) is 5.83. The minimum atomic E-state index is -4.89. The Kier molecular flexibility index (Phi) is 6.83. The van der Waals surface area contributed by atoms with Crippen molar-refractivity contribution in [3.05, 3.63) is 35.6 Å². The number of carbonyl (C=O) groups excluding carboxylic acids is 1. The lowest BCUT2D eigenvalue weighted by molar-refractivity contribution is -0.187. The van der Waals surface area contributed by atoms with Gasteiger partial charge in [-0.3, -0.25) is 4.79 Å². The predicted octanol–water partition coefficient (Wildman–Crippen LogP) is 3.53. The maximum atomic E-state index is 13.2. The SMILES string of the molecule is O=C(N(CC1CCN(CCNCl)CC1)C1CC1c1ccc(F)cc1)C(F)(F)F. The Labute approximate surface area is 166 Å². The van der Waals surface area contributed by atoms with E-state index in [4.69, 9.17) is 11.8 Å². The number of hydrogen-bond donors (Lipinski definition) is 1. The van der Waals surface area contributed by atoms with E-state index in [1.165, 1.54) is 12.1 Å². The zero-order valence-corrected chi connectivity index (χ0v) is 16.1. The number of amides is 1. The number of likely N-dealkylation sites (tertiary alicyclic amines) is 1. The number of halogens is 5. The first-order valence-electron chi connectivity index (χ1n) is 9.48. The molecule has 2 fully saturated rings. The molecular formula is C19H24ClF4N3O. The topological polar surface area (TPSA) is 35.6 Å². The van der Waals surface area contributed by atoms with Crippen LogP contribution in [0, 0.1) is 11.7 Å². The number of rotatable bonds is 7. The standard InChI is InChI=1S/C19H24ClF4N3O/c20-25-7-10-26-8-5-13(6-9-26)12-27(18(28)19(22,23)24)17-11-16(17)14-1-3-15(21)4-2-14/h1-4,13,16-17,25H,5-12H2. The summed E-state index contributed by atoms with van der Waals surface area (Å²) in [5.41, 5.74) is 0.773. The van der Waals surface area contributed by atoms with Gasteiger partial charge in [0, 0.05) is 31.6 Å². The quantitative estimate of drug-likeness (QED) is 0.540. The molecule has 1 N–H and O–H groups in total. The maximum absolute atomic E-state index is 13.2. The van der Waals surface area contributed by atoms with Gasteiger partial charge < -0.3 is 9.80 Å². The summed E-state index contributed by atoms with van der Waals surface area (Å²) in [5, 5.41) is 0. The van der Waals surface area contributed by atoms with Crippen LogP contribution in [0.3, 0.4) is 0 Å². The Morgan fingerprint density at radius 2 is 1.86 bits per heavy atom. The summed E-state index contributed by atoms with van der Waals surface area (Å²) in [4.78, 5) is 17.8. The second-order valence-electron chi connectivity index (χ2n) is 7.59. The lowest BCUT2D eigenvalue weighted by Crippen LogP contribution is -2.47. The van der Waals surface area contributed by atoms with Crippen molar-refractivity contribution in [2.45, 2.75) is 37.4 Å². The van der Waals surface area contributed by atoms with Gasteiger partial charge in [0.05, 0.1) is 0 Å². The molecule has 0 bridgehead atoms. The van der Waals surface area contributed by atoms with Gasteiger partial charge in [-0.05, 0) is 67.7 Å². The van der Waals surface area contributed by atoms with Gasteiger partial charge in [-0.25, -0.2) is 9.23 Å². The minimum Gasteiger partial charge on any atom is -0.331 e. The van der Waals surface area contributed by atoms with Crippen LogP contribution < -0.4 is 4.84 Å². The van der Waals surface area contributed by atoms with Gasteiger partial charge >= 0.3 is 12.1 Å². The summed E-state index contributed by atoms with van der Waals surface area (Å²) in [6.07, 6.45) is -2.91. The fourth-order valence-corrected chi connectivity index (χ4v) is 4.08. The molecule has 1 amide bonds. The summed E-state index contributed by atoms with van der Waals surface area (Å²) in [7, 11) is 0. The highest BCUT2D eigenvalue weighted by atomic mass is 35.5. The molecule has 0 aromatic heterocycles. The van der Waals surface area contributed by atoms with E-state index in [1.54, 1.807) is 12.1 Å². The molecule has 3 rings (SSSR count). The van der Waals surface area contributed by atoms with E-state index in [1.807, 2.05) is 0 Å². The van der Waals surface area contributed by atoms with Crippen molar-refractivity contribution in [1.82, 2.24) is 14.6 Å². The zero-order valence-electron chi connectivity index (χ0n) is 15.4. The van der Waals surface area contributed by atoms with Crippen LogP contribution in [0.2, 0.25) is 0 Å². The van der Waals surface area contributed by atoms with Gasteiger partial charge in [-0.2, -0.15) is 13.2 Å². The highest BCUT2D eigenvalue weighted by molar-refractivity contribution is 6.13. The molecule has 2 unspecified atom stereocenters. The van der Waals surface area contributed by atoms with Crippen LogP contribution in [0.15, 0.2) is 24.3 Å². The molecule has 1 saturated heterocycles. The molecule has 2 aliphatic rings. The monoisotopic (exact) mass is 421 g/mol. The van der Waals surface area contributed by atoms with E-state index in [0.29, 0.717) is 13.0 Å². The van der Waals surface area contributed by atoms with Crippen LogP contribution in [0.4, 0.5) is 17.6 Å². The first-order valence-corrected chi connectivity index (χ1v) is 9.86. The number of nitrogens with one attached hydrogen (secondary N) is 1. The predicted molar refractivity (Wildman–Crippen MR) is 98.3 cm³/mol. The fourth-order valence-electron chi connectivity index (χ4n) is 4.00. The summed E-state index contributed by atoms with van der Waals surface area (Å²) in [6.45, 7) is 3.11. The van der Waals surface area contributed by atoms with Crippen LogP contribution >= 0.6 is 11.8 Å². The molecule has 1 aliphatic carbocycles. The highest BCUT2D eigenvalue weighted by Gasteiger charge is 2.52. The molecule has 1 heterocycles. The zero-order chi connectivity index (χ0) is 20.3. The van der Waals surface area contributed by atoms with Gasteiger partial charge in [-0.15, -0.1) is 0 Å². The molecule has 1 aromatic rings. The van der Waals surface area contributed by atoms with Crippen LogP contribution in [0.1, 0.15) is 30.7 Å². The molecular weight excluding hydrogens is 398 g/mol. The molecule has 9 heteroatoms. The van der Waals surface area contributed by atoms with Crippen molar-refractivity contribution < 1.29 is 22.4 Å². The van der Waals surface area contributed by atoms with Gasteiger partial charge in [0.2, 0.25) is 0 Å². The summed E-state index contributed by atoms with van der Waals surface area (Å²) in [6, 6.07) is 5.29. The van der Waals surface area contributed by atoms with Crippen molar-refractivity contribution in [3.63, 3.8) is 0 Å². The maximum Gasteiger partial charge on any atom is 0.471 e. The molecule has 1 aliphatic heterocycles. The number of piperidine rings is 1. The lowest BCUT2D eigenvalue weighted by Gasteiger charge is -2.35. The Hall–Kier alpha value is -1.38. The largest absolute Gasteiger partial charge is 0.471 e. The average molecular weight is 422 g/mol. The van der Waals surface area contributed by atoms with Crippen molar-refractivity contribution in [1.29, 1.82) is 0 Å². The molecule has 4 nitrogen and oxygen atoms in total. The van der Waals surface area contributed by atoms with Crippen molar-refractivity contribution >= 4 is 17.7 Å². The van der Waals surface area contributed by atoms with E-state index >= 15 is 0 Å². The second kappa shape index (κ2) is 8.97. The Morgan fingerprint density at radius 3 is 2.43 bits per heavy atom. The summed E-state index contributed by atoms with van der Waals surface area (Å²) in [5.74, 6) is -2.28. The van der Waals surface area contributed by atoms with E-state index in [-0.39, 0.29) is 24.2 Å². The first-order chi connectivity index (χ1) is 13.3. The number of nitrogens with zero attached hydrogens (tertiary/aromatic N) is 2. The van der Waals surface area contributed by atoms with Gasteiger partial charge in [-0.1, -0.05) is 12.1 Å². The number of benzene rings is 1. The van der Waals surface area contributed by atoms with E-state index < -0.39 is 18.1 Å². The highest BCUT2D eigenvalue weighted by Crippen LogP contribution is 2.46. The van der Waals surface area contributed by atoms with E-state index in [2.05, 4.69) is 9.74 Å². The molecule has 1 saturated carbocycles.